The smallest absolute Gasteiger partial charge is 0.251 e. The number of anilines is 1. The highest BCUT2D eigenvalue weighted by atomic mass is 32.2. The van der Waals surface area contributed by atoms with Gasteiger partial charge in [-0.15, -0.1) is 0 Å². The number of aromatic nitrogens is 1. The van der Waals surface area contributed by atoms with E-state index in [0.717, 1.165) is 0 Å². The van der Waals surface area contributed by atoms with Crippen molar-refractivity contribution in [1.29, 1.82) is 0 Å². The number of nitrogens with zero attached hydrogens (tertiary/aromatic N) is 1. The van der Waals surface area contributed by atoms with Crippen LogP contribution in [-0.2, 0) is 10.0 Å². The van der Waals surface area contributed by atoms with Crippen LogP contribution in [0.15, 0.2) is 12.1 Å². The Kier molecular flexibility index (Phi) is 5.21. The summed E-state index contributed by atoms with van der Waals surface area (Å²) in [6.45, 7) is 1.96. The molecule has 9 heteroatoms. The van der Waals surface area contributed by atoms with Crippen molar-refractivity contribution in [2.24, 2.45) is 11.0 Å². The molecule has 6 N–H and O–H groups in total. The van der Waals surface area contributed by atoms with E-state index in [-0.39, 0.29) is 24.6 Å². The molecule has 0 bridgehead atoms. The summed E-state index contributed by atoms with van der Waals surface area (Å²) in [4.78, 5) is 15.9. The third-order valence-corrected chi connectivity index (χ3v) is 3.11. The molecule has 1 rings (SSSR count). The number of pyridine rings is 1. The fourth-order valence-electron chi connectivity index (χ4n) is 1.45. The van der Waals surface area contributed by atoms with E-state index in [1.54, 1.807) is 13.0 Å². The Bertz CT molecular complexity index is 558. The number of carbonyl (C=O) groups is 1. The number of carbonyl (C=O) groups excluding carboxylic acids is 1. The van der Waals surface area contributed by atoms with Gasteiger partial charge < -0.3 is 10.7 Å². The minimum atomic E-state index is -3.49. The molecule has 0 radical (unpaired) electrons. The maximum absolute atomic E-state index is 11.8. The summed E-state index contributed by atoms with van der Waals surface area (Å²) in [5.74, 6) is 5.13. The maximum atomic E-state index is 11.8. The molecule has 0 aliphatic carbocycles. The van der Waals surface area contributed by atoms with Gasteiger partial charge in [0.1, 0.15) is 5.82 Å². The van der Waals surface area contributed by atoms with Crippen LogP contribution >= 0.6 is 0 Å². The third-order valence-electron chi connectivity index (χ3n) is 2.25. The molecule has 0 aliphatic rings. The van der Waals surface area contributed by atoms with E-state index in [2.05, 4.69) is 15.7 Å². The van der Waals surface area contributed by atoms with E-state index < -0.39 is 10.0 Å². The van der Waals surface area contributed by atoms with Gasteiger partial charge >= 0.3 is 0 Å². The predicted octanol–water partition coefficient (Wildman–Crippen LogP) is -0.916. The van der Waals surface area contributed by atoms with Gasteiger partial charge in [-0.3, -0.25) is 4.79 Å². The summed E-state index contributed by atoms with van der Waals surface area (Å²) in [7, 11) is -3.49. The van der Waals surface area contributed by atoms with Crippen molar-refractivity contribution >= 4 is 21.7 Å². The first-order valence-electron chi connectivity index (χ1n) is 5.56. The van der Waals surface area contributed by atoms with E-state index in [4.69, 9.17) is 11.0 Å². The Hall–Kier alpha value is -1.71. The van der Waals surface area contributed by atoms with E-state index >= 15 is 0 Å². The highest BCUT2D eigenvalue weighted by Gasteiger charge is 2.08. The molecule has 106 valence electrons. The number of amides is 1. The van der Waals surface area contributed by atoms with Crippen molar-refractivity contribution in [3.63, 3.8) is 0 Å². The maximum Gasteiger partial charge on any atom is 0.251 e. The Morgan fingerprint density at radius 3 is 2.68 bits per heavy atom. The van der Waals surface area contributed by atoms with Gasteiger partial charge in [-0.2, -0.15) is 0 Å². The number of nitrogens with two attached hydrogens (primary N) is 2. The Balaban J connectivity index is 2.56. The number of hydrazine groups is 1. The molecule has 19 heavy (non-hydrogen) atoms. The van der Waals surface area contributed by atoms with Crippen LogP contribution in [0.25, 0.3) is 0 Å². The standard InChI is InChI=1S/C10H17N5O3S/c1-7-5-8(6-9(14-7)15-11)10(16)13-3-2-4-19(12,17)18/h5-6H,2-4,11H2,1H3,(H,13,16)(H,14,15)(H2,12,17,18). The second kappa shape index (κ2) is 6.45. The van der Waals surface area contributed by atoms with Crippen LogP contribution in [0.1, 0.15) is 22.5 Å². The van der Waals surface area contributed by atoms with Crippen molar-refractivity contribution in [3.8, 4) is 0 Å². The number of nitrogen functional groups attached to an aromatic ring is 1. The topological polar surface area (TPSA) is 140 Å². The molecule has 8 nitrogen and oxygen atoms in total. The van der Waals surface area contributed by atoms with Crippen molar-refractivity contribution in [2.75, 3.05) is 17.7 Å². The largest absolute Gasteiger partial charge is 0.352 e. The van der Waals surface area contributed by atoms with Crippen LogP contribution < -0.4 is 21.7 Å². The lowest BCUT2D eigenvalue weighted by Gasteiger charge is -2.07. The van der Waals surface area contributed by atoms with Gasteiger partial charge in [-0.1, -0.05) is 0 Å². The molecule has 0 saturated heterocycles. The monoisotopic (exact) mass is 287 g/mol. The molecule has 0 aromatic carbocycles. The van der Waals surface area contributed by atoms with Crippen molar-refractivity contribution in [1.82, 2.24) is 10.3 Å². The normalized spacial score (nSPS) is 11.1. The predicted molar refractivity (Wildman–Crippen MR) is 71.7 cm³/mol. The van der Waals surface area contributed by atoms with Gasteiger partial charge in [-0.05, 0) is 25.5 Å². The van der Waals surface area contributed by atoms with Gasteiger partial charge in [0.05, 0.1) is 5.75 Å². The molecular weight excluding hydrogens is 270 g/mol. The molecule has 1 aromatic rings. The molecule has 0 atom stereocenters. The van der Waals surface area contributed by atoms with E-state index in [0.29, 0.717) is 17.1 Å². The lowest BCUT2D eigenvalue weighted by molar-refractivity contribution is 0.0953. The van der Waals surface area contributed by atoms with Crippen LogP contribution in [0.3, 0.4) is 0 Å². The molecule has 0 fully saturated rings. The van der Waals surface area contributed by atoms with Crippen molar-refractivity contribution in [3.05, 3.63) is 23.4 Å². The quantitative estimate of drug-likeness (QED) is 0.303. The number of nitrogens with one attached hydrogen (secondary N) is 2. The summed E-state index contributed by atoms with van der Waals surface area (Å²) >= 11 is 0. The molecule has 0 spiro atoms. The summed E-state index contributed by atoms with van der Waals surface area (Å²) in [6, 6.07) is 3.11. The Labute approximate surface area is 111 Å². The Morgan fingerprint density at radius 1 is 1.42 bits per heavy atom. The number of rotatable bonds is 6. The van der Waals surface area contributed by atoms with Gasteiger partial charge in [0.2, 0.25) is 10.0 Å². The molecule has 0 unspecified atom stereocenters. The zero-order chi connectivity index (χ0) is 14.5. The minimum absolute atomic E-state index is 0.168. The zero-order valence-corrected chi connectivity index (χ0v) is 11.3. The third kappa shape index (κ3) is 5.64. The van der Waals surface area contributed by atoms with Crippen molar-refractivity contribution < 1.29 is 13.2 Å². The van der Waals surface area contributed by atoms with E-state index in [9.17, 15) is 13.2 Å². The van der Waals surface area contributed by atoms with Crippen LogP contribution in [0.4, 0.5) is 5.82 Å². The summed E-state index contributed by atoms with van der Waals surface area (Å²) in [6.07, 6.45) is 0.261. The average molecular weight is 287 g/mol. The van der Waals surface area contributed by atoms with Crippen LogP contribution in [0, 0.1) is 6.92 Å². The molecule has 0 aliphatic heterocycles. The number of sulfonamides is 1. The average Bonchev–Trinajstić information content (AvgIpc) is 2.32. The number of primary sulfonamides is 1. The summed E-state index contributed by atoms with van der Waals surface area (Å²) < 4.78 is 21.4. The van der Waals surface area contributed by atoms with Gasteiger partial charge in [-0.25, -0.2) is 24.4 Å². The second-order valence-electron chi connectivity index (χ2n) is 4.00. The molecular formula is C10H17N5O3S. The lowest BCUT2D eigenvalue weighted by atomic mass is 10.2. The molecule has 1 amide bonds. The fraction of sp³-hybridized carbons (Fsp3) is 0.400. The first-order valence-corrected chi connectivity index (χ1v) is 7.27. The zero-order valence-electron chi connectivity index (χ0n) is 10.5. The number of hydrogen-bond acceptors (Lipinski definition) is 6. The van der Waals surface area contributed by atoms with Gasteiger partial charge in [0.15, 0.2) is 0 Å². The van der Waals surface area contributed by atoms with Crippen LogP contribution in [0.5, 0.6) is 0 Å². The second-order valence-corrected chi connectivity index (χ2v) is 5.74. The van der Waals surface area contributed by atoms with Crippen LogP contribution in [0.2, 0.25) is 0 Å². The lowest BCUT2D eigenvalue weighted by Crippen LogP contribution is -2.27. The number of aryl methyl sites for hydroxylation is 1. The highest BCUT2D eigenvalue weighted by molar-refractivity contribution is 7.89. The summed E-state index contributed by atoms with van der Waals surface area (Å²) in [5, 5.41) is 7.45. The van der Waals surface area contributed by atoms with E-state index in [1.807, 2.05) is 0 Å². The molecule has 1 heterocycles. The summed E-state index contributed by atoms with van der Waals surface area (Å²) in [5.41, 5.74) is 3.41. The van der Waals surface area contributed by atoms with E-state index in [1.165, 1.54) is 6.07 Å². The van der Waals surface area contributed by atoms with Gasteiger partial charge in [0, 0.05) is 17.8 Å². The minimum Gasteiger partial charge on any atom is -0.352 e. The van der Waals surface area contributed by atoms with Crippen molar-refractivity contribution in [2.45, 2.75) is 13.3 Å². The fourth-order valence-corrected chi connectivity index (χ4v) is 2.00. The first-order chi connectivity index (χ1) is 8.81. The SMILES string of the molecule is Cc1cc(C(=O)NCCCS(N)(=O)=O)cc(NN)n1. The van der Waals surface area contributed by atoms with Crippen LogP contribution in [-0.4, -0.2) is 31.6 Å². The number of hydrogen-bond donors (Lipinski definition) is 4. The first kappa shape index (κ1) is 15.3. The molecule has 1 aromatic heterocycles. The molecule has 0 saturated carbocycles. The Morgan fingerprint density at radius 2 is 2.11 bits per heavy atom. The van der Waals surface area contributed by atoms with Gasteiger partial charge in [0.25, 0.3) is 5.91 Å². The highest BCUT2D eigenvalue weighted by Crippen LogP contribution is 2.08.